The van der Waals surface area contributed by atoms with Gasteiger partial charge >= 0.3 is 0 Å². The Hall–Kier alpha value is -2.96. The molecule has 7 heteroatoms. The van der Waals surface area contributed by atoms with Crippen molar-refractivity contribution in [1.29, 1.82) is 0 Å². The number of amides is 1. The van der Waals surface area contributed by atoms with Crippen LogP contribution in [-0.4, -0.2) is 47.0 Å². The Morgan fingerprint density at radius 3 is 2.54 bits per heavy atom. The van der Waals surface area contributed by atoms with Crippen molar-refractivity contribution in [1.82, 2.24) is 14.9 Å². The molecule has 2 aliphatic rings. The number of aromatic nitrogens is 2. The standard InChI is InChI=1S/C30H31ClN4OS/c1-20-11-13-23-25(19-20)37-29-27(23)28(32-26(33-29)14-12-21-7-3-2-4-8-21)34-15-17-35(18-16-34)30(36)22-9-5-6-10-24(22)31/h2-10,20H,11-19H2,1H3/t20-/m1/s1. The summed E-state index contributed by atoms with van der Waals surface area (Å²) in [7, 11) is 0. The van der Waals surface area contributed by atoms with E-state index in [1.807, 2.05) is 34.4 Å². The fraction of sp³-hybridized carbons (Fsp3) is 0.367. The molecule has 0 saturated carbocycles. The van der Waals surface area contributed by atoms with E-state index in [0.29, 0.717) is 29.6 Å². The van der Waals surface area contributed by atoms with Crippen molar-refractivity contribution < 1.29 is 4.79 Å². The number of benzene rings is 2. The number of hydrogen-bond donors (Lipinski definition) is 0. The summed E-state index contributed by atoms with van der Waals surface area (Å²) in [6, 6.07) is 17.9. The zero-order valence-corrected chi connectivity index (χ0v) is 22.7. The second-order valence-electron chi connectivity index (χ2n) is 10.2. The minimum Gasteiger partial charge on any atom is -0.352 e. The highest BCUT2D eigenvalue weighted by Crippen LogP contribution is 2.41. The molecule has 2 aromatic heterocycles. The molecule has 0 radical (unpaired) electrons. The summed E-state index contributed by atoms with van der Waals surface area (Å²) in [5, 5.41) is 1.76. The molecular weight excluding hydrogens is 500 g/mol. The highest BCUT2D eigenvalue weighted by Gasteiger charge is 2.29. The van der Waals surface area contributed by atoms with Crippen LogP contribution in [0.4, 0.5) is 5.82 Å². The zero-order valence-electron chi connectivity index (χ0n) is 21.1. The van der Waals surface area contributed by atoms with Crippen molar-refractivity contribution in [3.05, 3.63) is 87.0 Å². The molecule has 1 amide bonds. The van der Waals surface area contributed by atoms with Gasteiger partial charge in [-0.1, -0.05) is 61.0 Å². The second kappa shape index (κ2) is 10.4. The monoisotopic (exact) mass is 530 g/mol. The number of carbonyl (C=O) groups is 1. The van der Waals surface area contributed by atoms with Crippen LogP contribution in [-0.2, 0) is 25.7 Å². The Balaban J connectivity index is 1.29. The molecule has 1 aliphatic carbocycles. The molecule has 0 unspecified atom stereocenters. The van der Waals surface area contributed by atoms with Gasteiger partial charge in [0.25, 0.3) is 5.91 Å². The third-order valence-electron chi connectivity index (χ3n) is 7.63. The lowest BCUT2D eigenvalue weighted by atomic mass is 9.89. The van der Waals surface area contributed by atoms with Gasteiger partial charge in [-0.05, 0) is 54.9 Å². The first-order chi connectivity index (χ1) is 18.1. The number of aryl methyl sites for hydroxylation is 3. The Morgan fingerprint density at radius 1 is 1.00 bits per heavy atom. The van der Waals surface area contributed by atoms with E-state index in [0.717, 1.165) is 55.2 Å². The van der Waals surface area contributed by atoms with Crippen LogP contribution in [0.3, 0.4) is 0 Å². The first kappa shape index (κ1) is 24.4. The highest BCUT2D eigenvalue weighted by atomic mass is 35.5. The van der Waals surface area contributed by atoms with Gasteiger partial charge in [0.2, 0.25) is 0 Å². The molecule has 1 aliphatic heterocycles. The highest BCUT2D eigenvalue weighted by molar-refractivity contribution is 7.19. The quantitative estimate of drug-likeness (QED) is 0.307. The molecule has 1 atom stereocenters. The van der Waals surface area contributed by atoms with Gasteiger partial charge in [0.05, 0.1) is 16.0 Å². The van der Waals surface area contributed by atoms with Crippen LogP contribution in [0.5, 0.6) is 0 Å². The topological polar surface area (TPSA) is 49.3 Å². The molecule has 1 fully saturated rings. The molecule has 2 aromatic carbocycles. The number of anilines is 1. The van der Waals surface area contributed by atoms with E-state index >= 15 is 0 Å². The van der Waals surface area contributed by atoms with E-state index < -0.39 is 0 Å². The molecule has 0 spiro atoms. The van der Waals surface area contributed by atoms with Gasteiger partial charge < -0.3 is 9.80 Å². The average molecular weight is 531 g/mol. The van der Waals surface area contributed by atoms with Gasteiger partial charge in [-0.15, -0.1) is 11.3 Å². The molecule has 0 N–H and O–H groups in total. The smallest absolute Gasteiger partial charge is 0.255 e. The number of carbonyl (C=O) groups excluding carboxylic acids is 1. The maximum atomic E-state index is 13.1. The summed E-state index contributed by atoms with van der Waals surface area (Å²) in [6.07, 6.45) is 5.19. The van der Waals surface area contributed by atoms with Crippen LogP contribution in [0.15, 0.2) is 54.6 Å². The summed E-state index contributed by atoms with van der Waals surface area (Å²) in [4.78, 5) is 30.3. The summed E-state index contributed by atoms with van der Waals surface area (Å²) in [6.45, 7) is 5.15. The van der Waals surface area contributed by atoms with E-state index in [2.05, 4.69) is 42.2 Å². The third-order valence-corrected chi connectivity index (χ3v) is 9.11. The van der Waals surface area contributed by atoms with E-state index in [1.54, 1.807) is 6.07 Å². The fourth-order valence-corrected chi connectivity index (χ4v) is 7.15. The van der Waals surface area contributed by atoms with Crippen LogP contribution in [0.2, 0.25) is 5.02 Å². The molecule has 1 saturated heterocycles. The Labute approximate surface area is 227 Å². The normalized spacial score (nSPS) is 17.7. The largest absolute Gasteiger partial charge is 0.352 e. The lowest BCUT2D eigenvalue weighted by Gasteiger charge is -2.36. The predicted molar refractivity (Wildman–Crippen MR) is 152 cm³/mol. The second-order valence-corrected chi connectivity index (χ2v) is 11.7. The molecule has 5 nitrogen and oxygen atoms in total. The minimum absolute atomic E-state index is 0.00327. The molecule has 4 aromatic rings. The minimum atomic E-state index is 0.00327. The SMILES string of the molecule is C[C@@H]1CCc2c(sc3nc(CCc4ccccc4)nc(N4CCN(C(=O)c5ccccc5Cl)CC4)c23)C1. The first-order valence-corrected chi connectivity index (χ1v) is 14.4. The van der Waals surface area contributed by atoms with Crippen LogP contribution < -0.4 is 4.90 Å². The molecule has 190 valence electrons. The van der Waals surface area contributed by atoms with Gasteiger partial charge in [0.15, 0.2) is 0 Å². The van der Waals surface area contributed by atoms with Crippen molar-refractivity contribution in [3.63, 3.8) is 0 Å². The van der Waals surface area contributed by atoms with Crippen LogP contribution >= 0.6 is 22.9 Å². The summed E-state index contributed by atoms with van der Waals surface area (Å²) >= 11 is 8.18. The van der Waals surface area contributed by atoms with Crippen molar-refractivity contribution in [2.75, 3.05) is 31.1 Å². The summed E-state index contributed by atoms with van der Waals surface area (Å²) in [5.74, 6) is 2.69. The lowest BCUT2D eigenvalue weighted by Crippen LogP contribution is -2.49. The van der Waals surface area contributed by atoms with E-state index in [9.17, 15) is 4.79 Å². The number of hydrogen-bond acceptors (Lipinski definition) is 5. The number of halogens is 1. The average Bonchev–Trinajstić information content (AvgIpc) is 3.29. The molecule has 37 heavy (non-hydrogen) atoms. The Bertz CT molecular complexity index is 1430. The van der Waals surface area contributed by atoms with Crippen LogP contribution in [0, 0.1) is 5.92 Å². The number of thiophene rings is 1. The third kappa shape index (κ3) is 4.97. The number of rotatable bonds is 5. The van der Waals surface area contributed by atoms with E-state index in [4.69, 9.17) is 21.6 Å². The Morgan fingerprint density at radius 2 is 1.76 bits per heavy atom. The van der Waals surface area contributed by atoms with Gasteiger partial charge in [-0.25, -0.2) is 9.97 Å². The molecular formula is C30H31ClN4OS. The van der Waals surface area contributed by atoms with Gasteiger partial charge in [0, 0.05) is 37.5 Å². The van der Waals surface area contributed by atoms with Gasteiger partial charge in [-0.3, -0.25) is 4.79 Å². The molecule has 6 rings (SSSR count). The predicted octanol–water partition coefficient (Wildman–Crippen LogP) is 6.22. The van der Waals surface area contributed by atoms with Crippen LogP contribution in [0.25, 0.3) is 10.2 Å². The lowest BCUT2D eigenvalue weighted by molar-refractivity contribution is 0.0747. The van der Waals surface area contributed by atoms with Gasteiger partial charge in [0.1, 0.15) is 16.5 Å². The van der Waals surface area contributed by atoms with Crippen molar-refractivity contribution in [2.24, 2.45) is 5.92 Å². The zero-order chi connectivity index (χ0) is 25.4. The van der Waals surface area contributed by atoms with Crippen molar-refractivity contribution >= 4 is 44.9 Å². The van der Waals surface area contributed by atoms with Crippen molar-refractivity contribution in [2.45, 2.75) is 39.0 Å². The number of fused-ring (bicyclic) bond motifs is 3. The van der Waals surface area contributed by atoms with E-state index in [1.165, 1.54) is 27.8 Å². The maximum Gasteiger partial charge on any atom is 0.255 e. The Kier molecular flexibility index (Phi) is 6.87. The maximum absolute atomic E-state index is 13.1. The summed E-state index contributed by atoms with van der Waals surface area (Å²) in [5.41, 5.74) is 3.34. The van der Waals surface area contributed by atoms with E-state index in [-0.39, 0.29) is 5.91 Å². The van der Waals surface area contributed by atoms with Crippen molar-refractivity contribution in [3.8, 4) is 0 Å². The van der Waals surface area contributed by atoms with Crippen LogP contribution in [0.1, 0.15) is 45.5 Å². The number of nitrogens with zero attached hydrogens (tertiary/aromatic N) is 4. The summed E-state index contributed by atoms with van der Waals surface area (Å²) < 4.78 is 0. The van der Waals surface area contributed by atoms with Gasteiger partial charge in [-0.2, -0.15) is 0 Å². The molecule has 3 heterocycles. The first-order valence-electron chi connectivity index (χ1n) is 13.2. The molecule has 0 bridgehead atoms. The fourth-order valence-electron chi connectivity index (χ4n) is 5.53. The number of piperazine rings is 1.